The van der Waals surface area contributed by atoms with Gasteiger partial charge in [0.2, 0.25) is 4.96 Å². The van der Waals surface area contributed by atoms with Gasteiger partial charge in [0, 0.05) is 5.02 Å². The van der Waals surface area contributed by atoms with Crippen LogP contribution in [0.1, 0.15) is 10.7 Å². The second kappa shape index (κ2) is 5.33. The molecule has 0 bridgehead atoms. The van der Waals surface area contributed by atoms with Crippen LogP contribution in [0.2, 0.25) is 5.02 Å². The Bertz CT molecular complexity index is 1040. The highest BCUT2D eigenvalue weighted by atomic mass is 35.5. The van der Waals surface area contributed by atoms with Crippen molar-refractivity contribution in [1.82, 2.24) is 24.8 Å². The number of aromatic nitrogens is 5. The van der Waals surface area contributed by atoms with E-state index in [1.54, 1.807) is 15.9 Å². The van der Waals surface area contributed by atoms with Crippen LogP contribution in [0.15, 0.2) is 18.2 Å². The molecular formula is C14H9ClFN5S2. The van der Waals surface area contributed by atoms with Gasteiger partial charge in [0.1, 0.15) is 5.82 Å². The highest BCUT2D eigenvalue weighted by molar-refractivity contribution is 7.24. The maximum absolute atomic E-state index is 14.1. The van der Waals surface area contributed by atoms with Crippen molar-refractivity contribution in [3.05, 3.63) is 39.7 Å². The summed E-state index contributed by atoms with van der Waals surface area (Å²) < 4.78 is 15.6. The Morgan fingerprint density at radius 3 is 2.74 bits per heavy atom. The van der Waals surface area contributed by atoms with Gasteiger partial charge in [-0.05, 0) is 32.0 Å². The van der Waals surface area contributed by atoms with E-state index in [-0.39, 0.29) is 5.56 Å². The smallest absolute Gasteiger partial charge is 0.235 e. The lowest BCUT2D eigenvalue weighted by Crippen LogP contribution is -1.93. The van der Waals surface area contributed by atoms with Crippen molar-refractivity contribution in [1.29, 1.82) is 0 Å². The van der Waals surface area contributed by atoms with E-state index < -0.39 is 5.82 Å². The van der Waals surface area contributed by atoms with E-state index in [2.05, 4.69) is 20.3 Å². The minimum atomic E-state index is -0.414. The van der Waals surface area contributed by atoms with E-state index in [4.69, 9.17) is 11.6 Å². The van der Waals surface area contributed by atoms with Crippen LogP contribution in [-0.2, 0) is 0 Å². The molecule has 0 aliphatic rings. The van der Waals surface area contributed by atoms with Gasteiger partial charge in [-0.3, -0.25) is 0 Å². The van der Waals surface area contributed by atoms with Crippen molar-refractivity contribution >= 4 is 39.2 Å². The molecule has 23 heavy (non-hydrogen) atoms. The number of fused-ring (bicyclic) bond motifs is 1. The zero-order valence-electron chi connectivity index (χ0n) is 12.0. The lowest BCUT2D eigenvalue weighted by Gasteiger charge is -2.00. The lowest BCUT2D eigenvalue weighted by atomic mass is 10.2. The Labute approximate surface area is 143 Å². The van der Waals surface area contributed by atoms with E-state index in [1.807, 2.05) is 13.8 Å². The molecule has 3 heterocycles. The third-order valence-corrected chi connectivity index (χ3v) is 5.62. The summed E-state index contributed by atoms with van der Waals surface area (Å²) in [5, 5.41) is 14.9. The van der Waals surface area contributed by atoms with E-state index in [0.717, 1.165) is 20.6 Å². The summed E-state index contributed by atoms with van der Waals surface area (Å²) in [5.41, 5.74) is 1.20. The summed E-state index contributed by atoms with van der Waals surface area (Å²) in [4.78, 5) is 6.00. The molecule has 0 unspecified atom stereocenters. The van der Waals surface area contributed by atoms with Gasteiger partial charge < -0.3 is 0 Å². The van der Waals surface area contributed by atoms with Gasteiger partial charge >= 0.3 is 0 Å². The summed E-state index contributed by atoms with van der Waals surface area (Å²) in [7, 11) is 0. The molecule has 0 saturated carbocycles. The van der Waals surface area contributed by atoms with Crippen molar-refractivity contribution in [2.24, 2.45) is 0 Å². The van der Waals surface area contributed by atoms with Crippen molar-refractivity contribution in [2.45, 2.75) is 13.8 Å². The number of aryl methyl sites for hydroxylation is 2. The number of hydrogen-bond acceptors (Lipinski definition) is 6. The first-order valence-corrected chi connectivity index (χ1v) is 8.66. The fourth-order valence-electron chi connectivity index (χ4n) is 2.28. The van der Waals surface area contributed by atoms with Crippen LogP contribution in [0.5, 0.6) is 0 Å². The fourth-order valence-corrected chi connectivity index (χ4v) is 4.33. The predicted octanol–water partition coefficient (Wildman–Crippen LogP) is 4.39. The number of thiazole rings is 1. The molecule has 0 amide bonds. The number of benzene rings is 1. The molecule has 0 aliphatic heterocycles. The van der Waals surface area contributed by atoms with Gasteiger partial charge in [-0.25, -0.2) is 9.37 Å². The molecule has 9 heteroatoms. The van der Waals surface area contributed by atoms with E-state index in [9.17, 15) is 4.39 Å². The monoisotopic (exact) mass is 365 g/mol. The van der Waals surface area contributed by atoms with Gasteiger partial charge in [-0.15, -0.1) is 21.5 Å². The molecule has 5 nitrogen and oxygen atoms in total. The number of rotatable bonds is 2. The van der Waals surface area contributed by atoms with E-state index in [1.165, 1.54) is 29.5 Å². The number of nitrogens with zero attached hydrogens (tertiary/aromatic N) is 5. The van der Waals surface area contributed by atoms with Crippen LogP contribution in [-0.4, -0.2) is 24.8 Å². The standard InChI is InChI=1S/C14H9ClFN5S2/c1-6-11(22-7(2)17-6)13-20-21-12(18-19-14(21)23-13)9-5-8(15)3-4-10(9)16/h3-5H,1-2H3. The summed E-state index contributed by atoms with van der Waals surface area (Å²) >= 11 is 8.93. The zero-order valence-corrected chi connectivity index (χ0v) is 14.4. The average molecular weight is 366 g/mol. The molecule has 0 spiro atoms. The Morgan fingerprint density at radius 2 is 2.00 bits per heavy atom. The van der Waals surface area contributed by atoms with Crippen LogP contribution in [0, 0.1) is 19.7 Å². The largest absolute Gasteiger partial charge is 0.246 e. The quantitative estimate of drug-likeness (QED) is 0.528. The Morgan fingerprint density at radius 1 is 1.17 bits per heavy atom. The Hall–Kier alpha value is -1.90. The number of halogens is 2. The molecule has 0 atom stereocenters. The number of hydrogen-bond donors (Lipinski definition) is 0. The van der Waals surface area contributed by atoms with Gasteiger partial charge in [-0.1, -0.05) is 22.9 Å². The summed E-state index contributed by atoms with van der Waals surface area (Å²) in [5.74, 6) is -0.0792. The molecule has 0 radical (unpaired) electrons. The molecule has 116 valence electrons. The second-order valence-electron chi connectivity index (χ2n) is 4.90. The Balaban J connectivity index is 1.90. The highest BCUT2D eigenvalue weighted by Gasteiger charge is 2.19. The summed E-state index contributed by atoms with van der Waals surface area (Å²) in [6.45, 7) is 3.90. The van der Waals surface area contributed by atoms with Crippen LogP contribution >= 0.6 is 34.3 Å². The van der Waals surface area contributed by atoms with Gasteiger partial charge in [0.05, 0.1) is 21.1 Å². The second-order valence-corrected chi connectivity index (χ2v) is 7.49. The molecule has 0 fully saturated rings. The van der Waals surface area contributed by atoms with Crippen molar-refractivity contribution in [3.63, 3.8) is 0 Å². The van der Waals surface area contributed by atoms with Gasteiger partial charge in [-0.2, -0.15) is 9.61 Å². The average Bonchev–Trinajstić information content (AvgIpc) is 3.15. The highest BCUT2D eigenvalue weighted by Crippen LogP contribution is 2.34. The van der Waals surface area contributed by atoms with Gasteiger partial charge in [0.15, 0.2) is 10.8 Å². The van der Waals surface area contributed by atoms with Crippen LogP contribution in [0.3, 0.4) is 0 Å². The minimum absolute atomic E-state index is 0.277. The lowest BCUT2D eigenvalue weighted by molar-refractivity contribution is 0.629. The first-order valence-electron chi connectivity index (χ1n) is 6.65. The summed E-state index contributed by atoms with van der Waals surface area (Å²) in [6.07, 6.45) is 0. The molecule has 4 aromatic rings. The molecule has 4 rings (SSSR count). The molecule has 0 aliphatic carbocycles. The van der Waals surface area contributed by atoms with Gasteiger partial charge in [0.25, 0.3) is 0 Å². The van der Waals surface area contributed by atoms with Crippen LogP contribution < -0.4 is 0 Å². The first kappa shape index (κ1) is 14.7. The molecule has 3 aromatic heterocycles. The van der Waals surface area contributed by atoms with Crippen molar-refractivity contribution < 1.29 is 4.39 Å². The Kier molecular flexibility index (Phi) is 3.40. The maximum atomic E-state index is 14.1. The normalized spacial score (nSPS) is 11.5. The molecule has 1 aromatic carbocycles. The van der Waals surface area contributed by atoms with Crippen molar-refractivity contribution in [2.75, 3.05) is 0 Å². The molecule has 0 N–H and O–H groups in total. The zero-order chi connectivity index (χ0) is 16.1. The first-order chi connectivity index (χ1) is 11.0. The van der Waals surface area contributed by atoms with E-state index >= 15 is 0 Å². The summed E-state index contributed by atoms with van der Waals surface area (Å²) in [6, 6.07) is 4.33. The third kappa shape index (κ3) is 2.43. The van der Waals surface area contributed by atoms with Crippen LogP contribution in [0.25, 0.3) is 26.2 Å². The topological polar surface area (TPSA) is 56.0 Å². The fraction of sp³-hybridized carbons (Fsp3) is 0.143. The van der Waals surface area contributed by atoms with E-state index in [0.29, 0.717) is 15.8 Å². The maximum Gasteiger partial charge on any atom is 0.235 e. The van der Waals surface area contributed by atoms with Crippen LogP contribution in [0.4, 0.5) is 4.39 Å². The van der Waals surface area contributed by atoms with Crippen molar-refractivity contribution in [3.8, 4) is 21.3 Å². The SMILES string of the molecule is Cc1nc(C)c(-c2nn3c(-c4cc(Cl)ccc4F)nnc3s2)s1. The molecule has 0 saturated heterocycles. The predicted molar refractivity (Wildman–Crippen MR) is 89.6 cm³/mol. The molecular weight excluding hydrogens is 357 g/mol. The minimum Gasteiger partial charge on any atom is -0.246 e. The third-order valence-electron chi connectivity index (χ3n) is 3.26.